The van der Waals surface area contributed by atoms with Gasteiger partial charge in [-0.15, -0.1) is 11.3 Å². The van der Waals surface area contributed by atoms with Crippen LogP contribution in [0, 0.1) is 6.92 Å². The number of benzene rings is 1. The van der Waals surface area contributed by atoms with Gasteiger partial charge in [-0.05, 0) is 12.5 Å². The number of nitrogens with zero attached hydrogens (tertiary/aromatic N) is 2. The third kappa shape index (κ3) is 4.97. The zero-order valence-corrected chi connectivity index (χ0v) is 15.9. The number of aromatic nitrogens is 1. The van der Waals surface area contributed by atoms with Crippen LogP contribution in [0.3, 0.4) is 0 Å². The monoisotopic (exact) mass is 419 g/mol. The highest BCUT2D eigenvalue weighted by atomic mass is 32.1. The first kappa shape index (κ1) is 21.6. The number of aryl methyl sites for hydroxylation is 1. The summed E-state index contributed by atoms with van der Waals surface area (Å²) in [4.78, 5) is 20.7. The van der Waals surface area contributed by atoms with E-state index < -0.39 is 23.3 Å². The van der Waals surface area contributed by atoms with Crippen molar-refractivity contribution in [3.63, 3.8) is 0 Å². The molecule has 1 N–H and O–H groups in total. The van der Waals surface area contributed by atoms with Crippen LogP contribution in [-0.4, -0.2) is 36.9 Å². The summed E-state index contributed by atoms with van der Waals surface area (Å²) in [7, 11) is 2.72. The predicted molar refractivity (Wildman–Crippen MR) is 95.1 cm³/mol. The van der Waals surface area contributed by atoms with Crippen molar-refractivity contribution in [2.24, 2.45) is 5.16 Å². The first-order chi connectivity index (χ1) is 13.2. The van der Waals surface area contributed by atoms with E-state index in [-0.39, 0.29) is 18.2 Å². The van der Waals surface area contributed by atoms with Gasteiger partial charge in [-0.25, -0.2) is 9.37 Å². The Bertz CT molecular complexity index is 868. The maximum atomic E-state index is 13.5. The van der Waals surface area contributed by atoms with Gasteiger partial charge in [-0.3, -0.25) is 4.79 Å². The lowest BCUT2D eigenvalue weighted by Gasteiger charge is -2.11. The molecule has 0 aliphatic rings. The van der Waals surface area contributed by atoms with E-state index in [9.17, 15) is 22.4 Å². The van der Waals surface area contributed by atoms with Gasteiger partial charge in [-0.1, -0.05) is 29.4 Å². The summed E-state index contributed by atoms with van der Waals surface area (Å²) >= 11 is 0.573. The van der Waals surface area contributed by atoms with Crippen molar-refractivity contribution in [2.75, 3.05) is 14.2 Å². The Morgan fingerprint density at radius 2 is 2.04 bits per heavy atom. The Kier molecular flexibility index (Phi) is 6.95. The van der Waals surface area contributed by atoms with Crippen LogP contribution in [0.1, 0.15) is 27.2 Å². The average molecular weight is 419 g/mol. The number of hydrogen-bond acceptors (Lipinski definition) is 6. The van der Waals surface area contributed by atoms with Gasteiger partial charge in [0.2, 0.25) is 12.1 Å². The number of alkyl halides is 4. The molecule has 6 nitrogen and oxygen atoms in total. The van der Waals surface area contributed by atoms with Gasteiger partial charge in [0.15, 0.2) is 5.71 Å². The summed E-state index contributed by atoms with van der Waals surface area (Å²) < 4.78 is 56.6. The van der Waals surface area contributed by atoms with Crippen molar-refractivity contribution in [3.05, 3.63) is 45.3 Å². The van der Waals surface area contributed by atoms with Gasteiger partial charge in [0, 0.05) is 12.6 Å². The second-order valence-corrected chi connectivity index (χ2v) is 6.70. The van der Waals surface area contributed by atoms with Gasteiger partial charge in [0.25, 0.3) is 5.91 Å². The molecule has 1 amide bonds. The molecule has 0 bridgehead atoms. The van der Waals surface area contributed by atoms with Crippen LogP contribution >= 0.6 is 11.3 Å². The fourth-order valence-electron chi connectivity index (χ4n) is 2.23. The molecular weight excluding hydrogens is 402 g/mol. The van der Waals surface area contributed by atoms with E-state index in [4.69, 9.17) is 9.57 Å². The second-order valence-electron chi connectivity index (χ2n) is 5.47. The van der Waals surface area contributed by atoms with Gasteiger partial charge < -0.3 is 14.9 Å². The Morgan fingerprint density at radius 1 is 1.36 bits per heavy atom. The Labute approximate surface area is 162 Å². The number of amides is 1. The maximum Gasteiger partial charge on any atom is 0.426 e. The largest absolute Gasteiger partial charge is 0.472 e. The molecule has 0 saturated carbocycles. The van der Waals surface area contributed by atoms with Crippen LogP contribution in [0.2, 0.25) is 0 Å². The van der Waals surface area contributed by atoms with Crippen molar-refractivity contribution in [3.8, 4) is 5.88 Å². The number of nitrogens with one attached hydrogen (secondary N) is 1. The molecule has 0 aliphatic carbocycles. The van der Waals surface area contributed by atoms with E-state index in [1.165, 1.54) is 21.1 Å². The van der Waals surface area contributed by atoms with Gasteiger partial charge >= 0.3 is 6.18 Å². The van der Waals surface area contributed by atoms with Gasteiger partial charge in [-0.2, -0.15) is 13.2 Å². The van der Waals surface area contributed by atoms with E-state index >= 15 is 0 Å². The molecule has 2 rings (SSSR count). The van der Waals surface area contributed by atoms with Crippen LogP contribution in [0.5, 0.6) is 5.88 Å². The molecule has 2 aromatic rings. The normalized spacial score (nSPS) is 13.2. The zero-order valence-electron chi connectivity index (χ0n) is 15.1. The first-order valence-electron chi connectivity index (χ1n) is 7.91. The summed E-state index contributed by atoms with van der Waals surface area (Å²) in [5.41, 5.74) is 0.930. The van der Waals surface area contributed by atoms with E-state index in [1.54, 1.807) is 24.3 Å². The predicted octanol–water partition coefficient (Wildman–Crippen LogP) is 3.70. The lowest BCUT2D eigenvalue weighted by atomic mass is 10.0. The highest BCUT2D eigenvalue weighted by Crippen LogP contribution is 2.40. The number of ether oxygens (including phenoxy) is 1. The summed E-state index contributed by atoms with van der Waals surface area (Å²) in [5, 5.41) is 5.43. The zero-order chi connectivity index (χ0) is 20.9. The molecule has 0 radical (unpaired) electrons. The molecule has 28 heavy (non-hydrogen) atoms. The molecule has 0 aliphatic heterocycles. The van der Waals surface area contributed by atoms with E-state index in [0.29, 0.717) is 27.3 Å². The second kappa shape index (κ2) is 9.00. The Morgan fingerprint density at radius 3 is 2.64 bits per heavy atom. The molecule has 152 valence electrons. The van der Waals surface area contributed by atoms with Crippen LogP contribution < -0.4 is 10.1 Å². The minimum Gasteiger partial charge on any atom is -0.472 e. The standard InChI is InChI=1S/C17H17F4N3O3S/c1-9-15(23-16(28-9)13(18)17(19,20)21)27-8-10-6-4-5-7-11(10)12(24-26-3)14(25)22-2/h4-7,13H,8H2,1-3H3,(H,22,25)/b24-12+. The third-order valence-electron chi connectivity index (χ3n) is 3.54. The van der Waals surface area contributed by atoms with Crippen molar-refractivity contribution >= 4 is 23.0 Å². The highest BCUT2D eigenvalue weighted by Gasteiger charge is 2.43. The quantitative estimate of drug-likeness (QED) is 0.422. The fraction of sp³-hybridized carbons (Fsp3) is 0.353. The minimum absolute atomic E-state index is 0.000724. The van der Waals surface area contributed by atoms with Gasteiger partial charge in [0.1, 0.15) is 18.7 Å². The lowest BCUT2D eigenvalue weighted by Crippen LogP contribution is -2.29. The summed E-state index contributed by atoms with van der Waals surface area (Å²) in [6, 6.07) is 6.64. The molecule has 1 heterocycles. The van der Waals surface area contributed by atoms with Crippen LogP contribution in [0.4, 0.5) is 17.6 Å². The fourth-order valence-corrected chi connectivity index (χ4v) is 3.10. The summed E-state index contributed by atoms with van der Waals surface area (Å²) in [6.07, 6.45) is -8.21. The molecule has 11 heteroatoms. The molecule has 0 spiro atoms. The Hall–Kier alpha value is -2.69. The molecular formula is C17H17F4N3O3S. The number of thiazole rings is 1. The molecule has 1 unspecified atom stereocenters. The Balaban J connectivity index is 2.26. The van der Waals surface area contributed by atoms with Crippen LogP contribution in [0.25, 0.3) is 0 Å². The van der Waals surface area contributed by atoms with Crippen molar-refractivity contribution in [2.45, 2.75) is 25.9 Å². The third-order valence-corrected chi connectivity index (χ3v) is 4.52. The van der Waals surface area contributed by atoms with Gasteiger partial charge in [0.05, 0.1) is 4.88 Å². The highest BCUT2D eigenvalue weighted by molar-refractivity contribution is 7.11. The number of oxime groups is 1. The van der Waals surface area contributed by atoms with E-state index in [2.05, 4.69) is 15.5 Å². The number of rotatable bonds is 7. The minimum atomic E-state index is -5.03. The first-order valence-corrected chi connectivity index (χ1v) is 8.73. The molecule has 0 fully saturated rings. The molecule has 1 aromatic heterocycles. The molecule has 0 saturated heterocycles. The smallest absolute Gasteiger partial charge is 0.426 e. The topological polar surface area (TPSA) is 72.8 Å². The average Bonchev–Trinajstić information content (AvgIpc) is 3.03. The SMILES string of the molecule is CNC(=O)/C(=N/OC)c1ccccc1COc1nc(C(F)C(F)(F)F)sc1C. The summed E-state index contributed by atoms with van der Waals surface area (Å²) in [5.74, 6) is -0.598. The molecule has 1 aromatic carbocycles. The van der Waals surface area contributed by atoms with Crippen molar-refractivity contribution < 1.29 is 31.9 Å². The number of carbonyl (C=O) groups is 1. The van der Waals surface area contributed by atoms with E-state index in [1.807, 2.05) is 0 Å². The maximum absolute atomic E-state index is 13.5. The molecule has 1 atom stereocenters. The van der Waals surface area contributed by atoms with Crippen molar-refractivity contribution in [1.29, 1.82) is 0 Å². The van der Waals surface area contributed by atoms with Crippen LogP contribution in [-0.2, 0) is 16.2 Å². The van der Waals surface area contributed by atoms with Crippen LogP contribution in [0.15, 0.2) is 29.4 Å². The number of likely N-dealkylation sites (N-methyl/N-ethyl adjacent to an activating group) is 1. The number of halogens is 4. The number of carbonyl (C=O) groups excluding carboxylic acids is 1. The summed E-state index contributed by atoms with van der Waals surface area (Å²) in [6.45, 7) is 1.36. The lowest BCUT2D eigenvalue weighted by molar-refractivity contribution is -0.182. The van der Waals surface area contributed by atoms with Crippen molar-refractivity contribution in [1.82, 2.24) is 10.3 Å². The van der Waals surface area contributed by atoms with E-state index in [0.717, 1.165) is 0 Å². The number of hydrogen-bond donors (Lipinski definition) is 1.